The molecule has 1 fully saturated rings. The standard InChI is InChI=1S/C14H27ClO/c1-12-9-13(11-14(2,3)10-12)16-8-6-4-5-7-15/h12-13H,4-11H2,1-3H3. The summed E-state index contributed by atoms with van der Waals surface area (Å²) in [4.78, 5) is 0. The highest BCUT2D eigenvalue weighted by molar-refractivity contribution is 6.17. The van der Waals surface area contributed by atoms with Crippen LogP contribution in [0.4, 0.5) is 0 Å². The molecule has 1 nitrogen and oxygen atoms in total. The minimum Gasteiger partial charge on any atom is -0.378 e. The van der Waals surface area contributed by atoms with E-state index in [9.17, 15) is 0 Å². The first kappa shape index (κ1) is 14.3. The fourth-order valence-electron chi connectivity index (χ4n) is 3.01. The van der Waals surface area contributed by atoms with Crippen LogP contribution in [-0.4, -0.2) is 18.6 Å². The van der Waals surface area contributed by atoms with Gasteiger partial charge >= 0.3 is 0 Å². The van der Waals surface area contributed by atoms with E-state index < -0.39 is 0 Å². The third-order valence-corrected chi connectivity index (χ3v) is 3.75. The van der Waals surface area contributed by atoms with Crippen molar-refractivity contribution in [2.45, 2.75) is 65.4 Å². The average Bonchev–Trinajstić information content (AvgIpc) is 2.14. The lowest BCUT2D eigenvalue weighted by Gasteiger charge is -2.38. The lowest BCUT2D eigenvalue weighted by Crippen LogP contribution is -2.32. The van der Waals surface area contributed by atoms with Gasteiger partial charge in [0.05, 0.1) is 6.10 Å². The van der Waals surface area contributed by atoms with E-state index in [1.54, 1.807) is 0 Å². The highest BCUT2D eigenvalue weighted by atomic mass is 35.5. The zero-order valence-electron chi connectivity index (χ0n) is 11.1. The second kappa shape index (κ2) is 6.86. The fraction of sp³-hybridized carbons (Fsp3) is 1.00. The van der Waals surface area contributed by atoms with Crippen LogP contribution in [0.3, 0.4) is 0 Å². The number of ether oxygens (including phenoxy) is 1. The summed E-state index contributed by atoms with van der Waals surface area (Å²) in [5.74, 6) is 1.60. The van der Waals surface area contributed by atoms with Gasteiger partial charge in [0.25, 0.3) is 0 Å². The molecule has 2 heteroatoms. The first-order chi connectivity index (χ1) is 7.53. The Balaban J connectivity index is 2.16. The van der Waals surface area contributed by atoms with E-state index in [-0.39, 0.29) is 0 Å². The van der Waals surface area contributed by atoms with Crippen LogP contribution in [0.15, 0.2) is 0 Å². The molecule has 0 N–H and O–H groups in total. The Morgan fingerprint density at radius 2 is 1.94 bits per heavy atom. The number of hydrogen-bond donors (Lipinski definition) is 0. The third kappa shape index (κ3) is 5.54. The molecule has 0 saturated heterocycles. The number of unbranched alkanes of at least 4 members (excludes halogenated alkanes) is 2. The summed E-state index contributed by atoms with van der Waals surface area (Å²) in [5.41, 5.74) is 0.471. The molecular formula is C14H27ClO. The molecule has 2 unspecified atom stereocenters. The van der Waals surface area contributed by atoms with Gasteiger partial charge in [-0.05, 0) is 49.9 Å². The van der Waals surface area contributed by atoms with Gasteiger partial charge in [-0.2, -0.15) is 0 Å². The maximum atomic E-state index is 5.99. The molecule has 1 aliphatic carbocycles. The highest BCUT2D eigenvalue weighted by Gasteiger charge is 2.32. The predicted octanol–water partition coefficient (Wildman–Crippen LogP) is 4.63. The van der Waals surface area contributed by atoms with E-state index in [0.717, 1.165) is 31.2 Å². The van der Waals surface area contributed by atoms with Crippen molar-refractivity contribution in [2.24, 2.45) is 11.3 Å². The summed E-state index contributed by atoms with van der Waals surface area (Å²) in [7, 11) is 0. The highest BCUT2D eigenvalue weighted by Crippen LogP contribution is 2.39. The van der Waals surface area contributed by atoms with E-state index in [1.165, 1.54) is 25.7 Å². The monoisotopic (exact) mass is 246 g/mol. The van der Waals surface area contributed by atoms with Crippen LogP contribution in [0.1, 0.15) is 59.3 Å². The van der Waals surface area contributed by atoms with Gasteiger partial charge < -0.3 is 4.74 Å². The topological polar surface area (TPSA) is 9.23 Å². The Labute approximate surface area is 106 Å². The molecule has 0 radical (unpaired) electrons. The quantitative estimate of drug-likeness (QED) is 0.491. The molecule has 0 aromatic rings. The first-order valence-corrected chi connectivity index (χ1v) is 7.24. The van der Waals surface area contributed by atoms with E-state index in [4.69, 9.17) is 16.3 Å². The predicted molar refractivity (Wildman–Crippen MR) is 71.1 cm³/mol. The zero-order valence-corrected chi connectivity index (χ0v) is 11.9. The minimum absolute atomic E-state index is 0.471. The largest absolute Gasteiger partial charge is 0.378 e. The van der Waals surface area contributed by atoms with Crippen molar-refractivity contribution in [1.29, 1.82) is 0 Å². The van der Waals surface area contributed by atoms with Crippen LogP contribution in [0.25, 0.3) is 0 Å². The van der Waals surface area contributed by atoms with Crippen LogP contribution in [-0.2, 0) is 4.74 Å². The Morgan fingerprint density at radius 1 is 1.19 bits per heavy atom. The molecule has 96 valence electrons. The van der Waals surface area contributed by atoms with Gasteiger partial charge in [-0.25, -0.2) is 0 Å². The van der Waals surface area contributed by atoms with Gasteiger partial charge in [-0.15, -0.1) is 11.6 Å². The van der Waals surface area contributed by atoms with Gasteiger partial charge in [-0.3, -0.25) is 0 Å². The average molecular weight is 247 g/mol. The molecule has 0 aliphatic heterocycles. The number of alkyl halides is 1. The number of halogens is 1. The van der Waals surface area contributed by atoms with Gasteiger partial charge in [0, 0.05) is 12.5 Å². The van der Waals surface area contributed by atoms with Crippen molar-refractivity contribution < 1.29 is 4.74 Å². The van der Waals surface area contributed by atoms with Crippen LogP contribution in [0.2, 0.25) is 0 Å². The van der Waals surface area contributed by atoms with Crippen molar-refractivity contribution in [3.05, 3.63) is 0 Å². The molecule has 0 amide bonds. The van der Waals surface area contributed by atoms with Gasteiger partial charge in [0.2, 0.25) is 0 Å². The van der Waals surface area contributed by atoms with Gasteiger partial charge in [0.15, 0.2) is 0 Å². The molecule has 0 heterocycles. The SMILES string of the molecule is CC1CC(OCCCCCCl)CC(C)(C)C1. The second-order valence-electron chi connectivity index (χ2n) is 6.16. The van der Waals surface area contributed by atoms with Crippen molar-refractivity contribution in [3.8, 4) is 0 Å². The first-order valence-electron chi connectivity index (χ1n) is 6.71. The Bertz CT molecular complexity index is 191. The maximum Gasteiger partial charge on any atom is 0.0582 e. The van der Waals surface area contributed by atoms with Crippen molar-refractivity contribution in [3.63, 3.8) is 0 Å². The Morgan fingerprint density at radius 3 is 2.56 bits per heavy atom. The third-order valence-electron chi connectivity index (χ3n) is 3.48. The Hall–Kier alpha value is 0.250. The summed E-state index contributed by atoms with van der Waals surface area (Å²) >= 11 is 5.64. The maximum absolute atomic E-state index is 5.99. The molecular weight excluding hydrogens is 220 g/mol. The van der Waals surface area contributed by atoms with Crippen LogP contribution >= 0.6 is 11.6 Å². The van der Waals surface area contributed by atoms with Crippen LogP contribution < -0.4 is 0 Å². The van der Waals surface area contributed by atoms with E-state index in [0.29, 0.717) is 11.5 Å². The zero-order chi connectivity index (χ0) is 12.0. The fourth-order valence-corrected chi connectivity index (χ4v) is 3.20. The van der Waals surface area contributed by atoms with Crippen molar-refractivity contribution >= 4 is 11.6 Å². The molecule has 2 atom stereocenters. The number of hydrogen-bond acceptors (Lipinski definition) is 1. The molecule has 1 rings (SSSR count). The molecule has 1 saturated carbocycles. The van der Waals surface area contributed by atoms with Crippen molar-refractivity contribution in [1.82, 2.24) is 0 Å². The molecule has 0 aromatic heterocycles. The molecule has 1 aliphatic rings. The van der Waals surface area contributed by atoms with E-state index in [2.05, 4.69) is 20.8 Å². The lowest BCUT2D eigenvalue weighted by atomic mass is 9.71. The Kier molecular flexibility index (Phi) is 6.13. The van der Waals surface area contributed by atoms with E-state index >= 15 is 0 Å². The van der Waals surface area contributed by atoms with Crippen LogP contribution in [0, 0.1) is 11.3 Å². The van der Waals surface area contributed by atoms with E-state index in [1.807, 2.05) is 0 Å². The molecule has 0 aromatic carbocycles. The second-order valence-corrected chi connectivity index (χ2v) is 6.53. The summed E-state index contributed by atoms with van der Waals surface area (Å²) in [5, 5.41) is 0. The molecule has 0 bridgehead atoms. The normalized spacial score (nSPS) is 29.2. The molecule has 0 spiro atoms. The summed E-state index contributed by atoms with van der Waals surface area (Å²) in [6.45, 7) is 8.01. The number of rotatable bonds is 6. The summed E-state index contributed by atoms with van der Waals surface area (Å²) in [6.07, 6.45) is 7.81. The summed E-state index contributed by atoms with van der Waals surface area (Å²) < 4.78 is 5.99. The van der Waals surface area contributed by atoms with Gasteiger partial charge in [0.1, 0.15) is 0 Å². The van der Waals surface area contributed by atoms with Crippen LogP contribution in [0.5, 0.6) is 0 Å². The lowest BCUT2D eigenvalue weighted by molar-refractivity contribution is -0.0239. The minimum atomic E-state index is 0.471. The smallest absolute Gasteiger partial charge is 0.0582 e. The van der Waals surface area contributed by atoms with Gasteiger partial charge in [-0.1, -0.05) is 20.8 Å². The van der Waals surface area contributed by atoms with Crippen molar-refractivity contribution in [2.75, 3.05) is 12.5 Å². The molecule has 16 heavy (non-hydrogen) atoms. The summed E-state index contributed by atoms with van der Waals surface area (Å²) in [6, 6.07) is 0.